The topological polar surface area (TPSA) is 58.2 Å². The molecule has 0 unspecified atom stereocenters. The number of aromatic amines is 1. The van der Waals surface area contributed by atoms with Crippen LogP contribution in [0.2, 0.25) is 0 Å². The smallest absolute Gasteiger partial charge is 0.223 e. The molecule has 2 heterocycles. The Morgan fingerprint density at radius 3 is 2.81 bits per heavy atom. The summed E-state index contributed by atoms with van der Waals surface area (Å²) in [6.07, 6.45) is 4.14. The van der Waals surface area contributed by atoms with E-state index in [9.17, 15) is 4.79 Å². The number of nitrogens with zero attached hydrogens (tertiary/aromatic N) is 2. The van der Waals surface area contributed by atoms with Gasteiger partial charge in [-0.25, -0.2) is 0 Å². The minimum Gasteiger partial charge on any atom is -0.376 e. The molecular formula is C16H27N3O2. The number of H-pyrrole nitrogens is 1. The second kappa shape index (κ2) is 7.07. The molecule has 2 rings (SSSR count). The molecule has 2 atom stereocenters. The van der Waals surface area contributed by atoms with Crippen molar-refractivity contribution < 1.29 is 9.53 Å². The van der Waals surface area contributed by atoms with Crippen LogP contribution in [-0.2, 0) is 9.53 Å². The van der Waals surface area contributed by atoms with E-state index in [1.54, 1.807) is 0 Å². The largest absolute Gasteiger partial charge is 0.376 e. The van der Waals surface area contributed by atoms with Crippen LogP contribution in [0.15, 0.2) is 0 Å². The van der Waals surface area contributed by atoms with Gasteiger partial charge in [0.15, 0.2) is 0 Å². The average Bonchev–Trinajstić information content (AvgIpc) is 2.79. The maximum Gasteiger partial charge on any atom is 0.223 e. The second-order valence-electron chi connectivity index (χ2n) is 6.22. The summed E-state index contributed by atoms with van der Waals surface area (Å²) in [6, 6.07) is 0. The van der Waals surface area contributed by atoms with E-state index in [0.717, 1.165) is 30.8 Å². The maximum absolute atomic E-state index is 12.4. The molecule has 0 bridgehead atoms. The van der Waals surface area contributed by atoms with Crippen molar-refractivity contribution >= 4 is 5.91 Å². The van der Waals surface area contributed by atoms with Crippen molar-refractivity contribution in [2.75, 3.05) is 20.2 Å². The van der Waals surface area contributed by atoms with E-state index >= 15 is 0 Å². The fourth-order valence-electron chi connectivity index (χ4n) is 3.16. The maximum atomic E-state index is 12.4. The normalized spacial score (nSPS) is 20.3. The molecule has 5 nitrogen and oxygen atoms in total. The number of aromatic nitrogens is 2. The fraction of sp³-hybridized carbons (Fsp3) is 0.750. The van der Waals surface area contributed by atoms with Crippen molar-refractivity contribution in [3.63, 3.8) is 0 Å². The van der Waals surface area contributed by atoms with Gasteiger partial charge in [-0.2, -0.15) is 5.10 Å². The van der Waals surface area contributed by atoms with Gasteiger partial charge in [0, 0.05) is 32.3 Å². The van der Waals surface area contributed by atoms with Crippen LogP contribution in [0.4, 0.5) is 0 Å². The lowest BCUT2D eigenvalue weighted by Gasteiger charge is -2.28. The highest BCUT2D eigenvalue weighted by Gasteiger charge is 2.22. The van der Waals surface area contributed by atoms with Gasteiger partial charge in [-0.05, 0) is 44.6 Å². The third-order valence-electron chi connectivity index (χ3n) is 4.34. The first-order chi connectivity index (χ1) is 9.99. The Morgan fingerprint density at radius 2 is 2.24 bits per heavy atom. The number of hydrogen-bond donors (Lipinski definition) is 1. The third-order valence-corrected chi connectivity index (χ3v) is 4.34. The summed E-state index contributed by atoms with van der Waals surface area (Å²) in [6.45, 7) is 7.62. The number of likely N-dealkylation sites (N-methyl/N-ethyl adjacent to an activating group) is 1. The molecule has 21 heavy (non-hydrogen) atoms. The lowest BCUT2D eigenvalue weighted by Crippen LogP contribution is -2.37. The Morgan fingerprint density at radius 1 is 1.48 bits per heavy atom. The van der Waals surface area contributed by atoms with Gasteiger partial charge in [0.25, 0.3) is 0 Å². The van der Waals surface area contributed by atoms with Gasteiger partial charge >= 0.3 is 0 Å². The molecule has 1 aromatic rings. The summed E-state index contributed by atoms with van der Waals surface area (Å²) >= 11 is 0. The van der Waals surface area contributed by atoms with Crippen LogP contribution < -0.4 is 0 Å². The first-order valence-corrected chi connectivity index (χ1v) is 7.86. The van der Waals surface area contributed by atoms with Crippen LogP contribution in [-0.4, -0.2) is 47.3 Å². The number of hydrogen-bond acceptors (Lipinski definition) is 3. The van der Waals surface area contributed by atoms with E-state index in [1.807, 2.05) is 25.8 Å². The van der Waals surface area contributed by atoms with Crippen molar-refractivity contribution in [1.29, 1.82) is 0 Å². The van der Waals surface area contributed by atoms with Crippen LogP contribution in [0.1, 0.15) is 55.5 Å². The van der Waals surface area contributed by atoms with Gasteiger partial charge in [-0.15, -0.1) is 0 Å². The third kappa shape index (κ3) is 4.06. The van der Waals surface area contributed by atoms with E-state index in [1.165, 1.54) is 12.0 Å². The molecule has 0 aromatic carbocycles. The van der Waals surface area contributed by atoms with E-state index in [-0.39, 0.29) is 17.9 Å². The Hall–Kier alpha value is -1.36. The highest BCUT2D eigenvalue weighted by atomic mass is 16.5. The summed E-state index contributed by atoms with van der Waals surface area (Å²) in [7, 11) is 1.88. The highest BCUT2D eigenvalue weighted by molar-refractivity contribution is 5.77. The second-order valence-corrected chi connectivity index (χ2v) is 6.22. The van der Waals surface area contributed by atoms with Crippen molar-refractivity contribution in [3.8, 4) is 0 Å². The molecule has 0 radical (unpaired) electrons. The number of carbonyl (C=O) groups is 1. The predicted molar refractivity (Wildman–Crippen MR) is 82.3 cm³/mol. The number of amides is 1. The molecule has 118 valence electrons. The lowest BCUT2D eigenvalue weighted by molar-refractivity contribution is -0.132. The standard InChI is InChI=1S/C16H27N3O2/c1-11(16-12(2)17-18-13(16)3)9-15(20)19(4)10-14-7-5-6-8-21-14/h11,14H,5-10H2,1-4H3,(H,17,18)/t11-,14+/m1/s1. The summed E-state index contributed by atoms with van der Waals surface area (Å²) in [4.78, 5) is 14.2. The van der Waals surface area contributed by atoms with Crippen molar-refractivity contribution in [3.05, 3.63) is 17.0 Å². The zero-order valence-electron chi connectivity index (χ0n) is 13.6. The zero-order valence-corrected chi connectivity index (χ0v) is 13.6. The van der Waals surface area contributed by atoms with Crippen LogP contribution in [0.25, 0.3) is 0 Å². The van der Waals surface area contributed by atoms with Crippen LogP contribution in [0.3, 0.4) is 0 Å². The lowest BCUT2D eigenvalue weighted by atomic mass is 9.95. The molecule has 0 aliphatic carbocycles. The Bertz CT molecular complexity index is 458. The van der Waals surface area contributed by atoms with Gasteiger partial charge in [0.2, 0.25) is 5.91 Å². The average molecular weight is 293 g/mol. The zero-order chi connectivity index (χ0) is 15.4. The molecule has 5 heteroatoms. The molecule has 0 saturated carbocycles. The Balaban J connectivity index is 1.88. The number of nitrogens with one attached hydrogen (secondary N) is 1. The van der Waals surface area contributed by atoms with Crippen LogP contribution in [0, 0.1) is 13.8 Å². The first kappa shape index (κ1) is 16.0. The molecule has 1 aliphatic rings. The van der Waals surface area contributed by atoms with Crippen molar-refractivity contribution in [2.45, 2.75) is 58.5 Å². The summed E-state index contributed by atoms with van der Waals surface area (Å²) in [5.41, 5.74) is 3.22. The molecule has 1 aromatic heterocycles. The minimum absolute atomic E-state index is 0.177. The van der Waals surface area contributed by atoms with Crippen LogP contribution in [0.5, 0.6) is 0 Å². The summed E-state index contributed by atoms with van der Waals surface area (Å²) < 4.78 is 5.71. The molecule has 1 N–H and O–H groups in total. The first-order valence-electron chi connectivity index (χ1n) is 7.86. The SMILES string of the molecule is Cc1n[nH]c(C)c1[C@H](C)CC(=O)N(C)C[C@@H]1CCCCO1. The van der Waals surface area contributed by atoms with Gasteiger partial charge in [-0.1, -0.05) is 6.92 Å². The van der Waals surface area contributed by atoms with E-state index < -0.39 is 0 Å². The Labute approximate surface area is 127 Å². The minimum atomic E-state index is 0.177. The molecule has 1 fully saturated rings. The number of aryl methyl sites for hydroxylation is 2. The van der Waals surface area contributed by atoms with Crippen molar-refractivity contribution in [1.82, 2.24) is 15.1 Å². The van der Waals surface area contributed by atoms with Gasteiger partial charge in [0.05, 0.1) is 11.8 Å². The number of rotatable bonds is 5. The number of ether oxygens (including phenoxy) is 1. The quantitative estimate of drug-likeness (QED) is 0.907. The molecule has 1 amide bonds. The van der Waals surface area contributed by atoms with E-state index in [2.05, 4.69) is 17.1 Å². The highest BCUT2D eigenvalue weighted by Crippen LogP contribution is 2.25. The fourth-order valence-corrected chi connectivity index (χ4v) is 3.16. The molecule has 1 saturated heterocycles. The monoisotopic (exact) mass is 293 g/mol. The van der Waals surface area contributed by atoms with Crippen LogP contribution >= 0.6 is 0 Å². The van der Waals surface area contributed by atoms with E-state index in [4.69, 9.17) is 4.74 Å². The summed E-state index contributed by atoms with van der Waals surface area (Å²) in [5.74, 6) is 0.364. The van der Waals surface area contributed by atoms with Gasteiger partial charge in [-0.3, -0.25) is 9.89 Å². The van der Waals surface area contributed by atoms with Crippen molar-refractivity contribution in [2.24, 2.45) is 0 Å². The molecule has 0 spiro atoms. The molecular weight excluding hydrogens is 266 g/mol. The predicted octanol–water partition coefficient (Wildman–Crippen LogP) is 2.55. The summed E-state index contributed by atoms with van der Waals surface area (Å²) in [5, 5.41) is 7.20. The van der Waals surface area contributed by atoms with Gasteiger partial charge in [0.1, 0.15) is 0 Å². The molecule has 1 aliphatic heterocycles. The Kier molecular flexibility index (Phi) is 5.39. The number of carbonyl (C=O) groups excluding carboxylic acids is 1. The van der Waals surface area contributed by atoms with E-state index in [0.29, 0.717) is 13.0 Å². The van der Waals surface area contributed by atoms with Gasteiger partial charge < -0.3 is 9.64 Å².